The van der Waals surface area contributed by atoms with Gasteiger partial charge in [-0.2, -0.15) is 13.2 Å². The summed E-state index contributed by atoms with van der Waals surface area (Å²) < 4.78 is 46.1. The van der Waals surface area contributed by atoms with Gasteiger partial charge in [0, 0.05) is 6.54 Å². The molecule has 1 atom stereocenters. The van der Waals surface area contributed by atoms with E-state index in [2.05, 4.69) is 15.4 Å². The van der Waals surface area contributed by atoms with Crippen LogP contribution in [0.3, 0.4) is 0 Å². The van der Waals surface area contributed by atoms with Crippen molar-refractivity contribution in [1.82, 2.24) is 10.6 Å². The smallest absolute Gasteiger partial charge is 0.422 e. The third-order valence-electron chi connectivity index (χ3n) is 3.77. The second-order valence-corrected chi connectivity index (χ2v) is 6.44. The van der Waals surface area contributed by atoms with E-state index in [1.165, 1.54) is 24.5 Å². The summed E-state index contributed by atoms with van der Waals surface area (Å²) in [5.74, 6) is -0.861. The number of carbonyl (C=O) groups excluding carboxylic acids is 2. The minimum absolute atomic E-state index is 0.0816. The number of carbonyl (C=O) groups is 2. The van der Waals surface area contributed by atoms with Gasteiger partial charge >= 0.3 is 6.18 Å². The summed E-state index contributed by atoms with van der Waals surface area (Å²) in [6, 6.07) is 8.19. The average Bonchev–Trinajstić information content (AvgIpc) is 3.17. The molecule has 0 aliphatic rings. The van der Waals surface area contributed by atoms with Crippen molar-refractivity contribution in [3.63, 3.8) is 0 Å². The molecule has 0 saturated heterocycles. The van der Waals surface area contributed by atoms with Gasteiger partial charge in [-0.15, -0.1) is 0 Å². The molecule has 0 bridgehead atoms. The lowest BCUT2D eigenvalue weighted by molar-refractivity contribution is -0.153. The van der Waals surface area contributed by atoms with Gasteiger partial charge in [-0.05, 0) is 35.7 Å². The van der Waals surface area contributed by atoms with Crippen LogP contribution in [0.1, 0.15) is 30.0 Å². The van der Waals surface area contributed by atoms with Crippen molar-refractivity contribution in [3.8, 4) is 5.75 Å². The number of hydrogen-bond acceptors (Lipinski definition) is 4. The fraction of sp³-hybridized carbons (Fsp3) is 0.368. The molecule has 0 aliphatic heterocycles. The number of alkyl halides is 3. The summed E-state index contributed by atoms with van der Waals surface area (Å²) in [4.78, 5) is 24.5. The summed E-state index contributed by atoms with van der Waals surface area (Å²) >= 11 is 0. The highest BCUT2D eigenvalue weighted by molar-refractivity contribution is 5.95. The zero-order valence-corrected chi connectivity index (χ0v) is 15.4. The zero-order chi connectivity index (χ0) is 20.7. The molecule has 152 valence electrons. The quantitative estimate of drug-likeness (QED) is 0.715. The van der Waals surface area contributed by atoms with E-state index in [0.29, 0.717) is 5.56 Å². The molecule has 0 spiro atoms. The van der Waals surface area contributed by atoms with Crippen molar-refractivity contribution < 1.29 is 31.9 Å². The maximum Gasteiger partial charge on any atom is 0.422 e. The van der Waals surface area contributed by atoms with E-state index < -0.39 is 24.7 Å². The van der Waals surface area contributed by atoms with E-state index in [1.54, 1.807) is 32.0 Å². The number of benzene rings is 1. The molecule has 1 aromatic carbocycles. The van der Waals surface area contributed by atoms with Crippen LogP contribution in [-0.4, -0.2) is 30.6 Å². The Hall–Kier alpha value is -2.97. The van der Waals surface area contributed by atoms with Gasteiger partial charge in [0.1, 0.15) is 11.8 Å². The summed E-state index contributed by atoms with van der Waals surface area (Å²) in [6.07, 6.45) is -3.04. The normalized spacial score (nSPS) is 12.5. The maximum absolute atomic E-state index is 12.4. The molecular weight excluding hydrogens is 377 g/mol. The Morgan fingerprint density at radius 1 is 1.14 bits per heavy atom. The Balaban J connectivity index is 1.89. The Morgan fingerprint density at radius 3 is 2.36 bits per heavy atom. The number of furan rings is 1. The Bertz CT molecular complexity index is 771. The van der Waals surface area contributed by atoms with Gasteiger partial charge in [0.25, 0.3) is 5.91 Å². The van der Waals surface area contributed by atoms with Crippen molar-refractivity contribution in [2.24, 2.45) is 5.92 Å². The van der Waals surface area contributed by atoms with Gasteiger partial charge in [0.05, 0.1) is 6.26 Å². The van der Waals surface area contributed by atoms with Crippen LogP contribution in [0.25, 0.3) is 0 Å². The Kier molecular flexibility index (Phi) is 7.08. The van der Waals surface area contributed by atoms with Gasteiger partial charge in [0.2, 0.25) is 5.91 Å². The van der Waals surface area contributed by atoms with Crippen molar-refractivity contribution in [2.45, 2.75) is 32.6 Å². The highest BCUT2D eigenvalue weighted by Crippen LogP contribution is 2.19. The highest BCUT2D eigenvalue weighted by Gasteiger charge is 2.28. The van der Waals surface area contributed by atoms with Crippen molar-refractivity contribution in [3.05, 3.63) is 54.0 Å². The summed E-state index contributed by atoms with van der Waals surface area (Å²) in [5.41, 5.74) is 0.674. The van der Waals surface area contributed by atoms with Gasteiger partial charge in [0.15, 0.2) is 12.4 Å². The van der Waals surface area contributed by atoms with Crippen LogP contribution in [-0.2, 0) is 11.3 Å². The molecule has 1 aromatic heterocycles. The van der Waals surface area contributed by atoms with Crippen LogP contribution in [0.5, 0.6) is 5.75 Å². The number of ether oxygens (including phenoxy) is 1. The minimum Gasteiger partial charge on any atom is -0.484 e. The average molecular weight is 398 g/mol. The van der Waals surface area contributed by atoms with Crippen molar-refractivity contribution in [2.75, 3.05) is 6.61 Å². The number of halogens is 3. The first kappa shape index (κ1) is 21.3. The maximum atomic E-state index is 12.4. The van der Waals surface area contributed by atoms with E-state index in [1.807, 2.05) is 0 Å². The molecule has 2 aromatic rings. The standard InChI is InChI=1S/C19H21F3N2O4/c1-12(2)16(24-17(25)15-4-3-9-27-15)18(26)23-10-13-5-7-14(8-6-13)28-11-19(20,21)22/h3-9,12,16H,10-11H2,1-2H3,(H,23,26)(H,24,25). The first-order chi connectivity index (χ1) is 13.2. The fourth-order valence-electron chi connectivity index (χ4n) is 2.32. The minimum atomic E-state index is -4.40. The predicted molar refractivity (Wildman–Crippen MR) is 94.6 cm³/mol. The topological polar surface area (TPSA) is 80.6 Å². The van der Waals surface area contributed by atoms with Crippen LogP contribution >= 0.6 is 0 Å². The molecule has 0 saturated carbocycles. The zero-order valence-electron chi connectivity index (χ0n) is 15.4. The lowest BCUT2D eigenvalue weighted by atomic mass is 10.0. The molecule has 0 radical (unpaired) electrons. The highest BCUT2D eigenvalue weighted by atomic mass is 19.4. The molecule has 1 unspecified atom stereocenters. The Labute approximate surface area is 160 Å². The largest absolute Gasteiger partial charge is 0.484 e. The molecule has 9 heteroatoms. The molecule has 2 amide bonds. The SMILES string of the molecule is CC(C)C(NC(=O)c1ccco1)C(=O)NCc1ccc(OCC(F)(F)F)cc1. The monoisotopic (exact) mass is 398 g/mol. The van der Waals surface area contributed by atoms with Crippen molar-refractivity contribution in [1.29, 1.82) is 0 Å². The summed E-state index contributed by atoms with van der Waals surface area (Å²) in [7, 11) is 0. The van der Waals surface area contributed by atoms with Crippen LogP contribution in [0, 0.1) is 5.92 Å². The molecule has 2 rings (SSSR count). The summed E-state index contributed by atoms with van der Waals surface area (Å²) in [5, 5.41) is 5.33. The Morgan fingerprint density at radius 2 is 1.82 bits per heavy atom. The van der Waals surface area contributed by atoms with E-state index >= 15 is 0 Å². The number of rotatable bonds is 8. The summed E-state index contributed by atoms with van der Waals surface area (Å²) in [6.45, 7) is 2.37. The third kappa shape index (κ3) is 6.64. The number of hydrogen-bond donors (Lipinski definition) is 2. The third-order valence-corrected chi connectivity index (χ3v) is 3.77. The van der Waals surface area contributed by atoms with Gasteiger partial charge in [-0.1, -0.05) is 26.0 Å². The van der Waals surface area contributed by atoms with Crippen LogP contribution in [0.2, 0.25) is 0 Å². The molecule has 0 fully saturated rings. The number of nitrogens with one attached hydrogen (secondary N) is 2. The molecule has 6 nitrogen and oxygen atoms in total. The van der Waals surface area contributed by atoms with Crippen LogP contribution < -0.4 is 15.4 Å². The van der Waals surface area contributed by atoms with Crippen LogP contribution in [0.15, 0.2) is 47.1 Å². The molecule has 28 heavy (non-hydrogen) atoms. The van der Waals surface area contributed by atoms with E-state index in [-0.39, 0.29) is 29.9 Å². The molecule has 0 aliphatic carbocycles. The van der Waals surface area contributed by atoms with Gasteiger partial charge in [-0.3, -0.25) is 9.59 Å². The second-order valence-electron chi connectivity index (χ2n) is 6.44. The second kappa shape index (κ2) is 9.29. The van der Waals surface area contributed by atoms with E-state index in [0.717, 1.165) is 0 Å². The lowest BCUT2D eigenvalue weighted by Crippen LogP contribution is -2.49. The lowest BCUT2D eigenvalue weighted by Gasteiger charge is -2.21. The van der Waals surface area contributed by atoms with E-state index in [4.69, 9.17) is 4.42 Å². The van der Waals surface area contributed by atoms with Gasteiger partial charge in [-0.25, -0.2) is 0 Å². The predicted octanol–water partition coefficient (Wildman–Crippen LogP) is 3.29. The molecular formula is C19H21F3N2O4. The first-order valence-corrected chi connectivity index (χ1v) is 8.56. The fourth-order valence-corrected chi connectivity index (χ4v) is 2.32. The van der Waals surface area contributed by atoms with Crippen LogP contribution in [0.4, 0.5) is 13.2 Å². The molecule has 2 N–H and O–H groups in total. The first-order valence-electron chi connectivity index (χ1n) is 8.56. The van der Waals surface area contributed by atoms with Crippen molar-refractivity contribution >= 4 is 11.8 Å². The van der Waals surface area contributed by atoms with E-state index in [9.17, 15) is 22.8 Å². The van der Waals surface area contributed by atoms with Gasteiger partial charge < -0.3 is 19.8 Å². The number of amides is 2. The molecule has 1 heterocycles.